The second kappa shape index (κ2) is 31.4. The molecule has 1 saturated carbocycles. The summed E-state index contributed by atoms with van der Waals surface area (Å²) in [6.07, 6.45) is 14.9. The number of ether oxygens (including phenoxy) is 7. The molecule has 19 heteroatoms. The number of methoxy groups -OCH3 is 3. The van der Waals surface area contributed by atoms with E-state index in [9.17, 15) is 39.0 Å². The molecule has 2 amide bonds. The zero-order valence-electron chi connectivity index (χ0n) is 48.8. The van der Waals surface area contributed by atoms with Gasteiger partial charge in [0.2, 0.25) is 5.79 Å². The predicted molar refractivity (Wildman–Crippen MR) is 295 cm³/mol. The van der Waals surface area contributed by atoms with E-state index < -0.39 is 83.9 Å². The summed E-state index contributed by atoms with van der Waals surface area (Å²) in [5.74, 6) is -7.41. The van der Waals surface area contributed by atoms with Gasteiger partial charge in [0.15, 0.2) is 5.78 Å². The van der Waals surface area contributed by atoms with E-state index in [0.717, 1.165) is 17.8 Å². The first-order chi connectivity index (χ1) is 37.6. The summed E-state index contributed by atoms with van der Waals surface area (Å²) >= 11 is 0. The molecule has 1 aliphatic carbocycles. The largest absolute Gasteiger partial charge is 0.460 e. The Morgan fingerprint density at radius 3 is 2.35 bits per heavy atom. The first-order valence-electron chi connectivity index (χ1n) is 28.6. The molecule has 3 N–H and O–H groups in total. The molecule has 0 aromatic carbocycles. The van der Waals surface area contributed by atoms with Crippen LogP contribution in [0.4, 0.5) is 4.79 Å². The summed E-state index contributed by atoms with van der Waals surface area (Å²) in [6, 6.07) is -1.17. The average Bonchev–Trinajstić information content (AvgIpc) is 3.93. The van der Waals surface area contributed by atoms with Crippen LogP contribution in [0.15, 0.2) is 60.0 Å². The van der Waals surface area contributed by atoms with Gasteiger partial charge in [0.1, 0.15) is 42.6 Å². The van der Waals surface area contributed by atoms with Crippen LogP contribution in [-0.2, 0) is 70.6 Å². The summed E-state index contributed by atoms with van der Waals surface area (Å²) < 4.78 is 43.3. The molecule has 0 spiro atoms. The number of esters is 1. The van der Waals surface area contributed by atoms with Crippen LogP contribution >= 0.6 is 0 Å². The maximum absolute atomic E-state index is 14.6. The highest BCUT2D eigenvalue weighted by atomic mass is 16.6. The summed E-state index contributed by atoms with van der Waals surface area (Å²) in [7, 11) is 6.45. The van der Waals surface area contributed by atoms with Crippen molar-refractivity contribution in [2.75, 3.05) is 47.6 Å². The van der Waals surface area contributed by atoms with Gasteiger partial charge in [-0.25, -0.2) is 14.6 Å². The first kappa shape index (κ1) is 64.9. The fourth-order valence-electron chi connectivity index (χ4n) is 11.6. The molecule has 4 aliphatic rings. The van der Waals surface area contributed by atoms with Crippen molar-refractivity contribution in [3.8, 4) is 0 Å². The van der Waals surface area contributed by atoms with E-state index in [1.54, 1.807) is 47.3 Å². The quantitative estimate of drug-likeness (QED) is 0.0787. The topological polar surface area (TPSA) is 241 Å². The van der Waals surface area contributed by atoms with Gasteiger partial charge in [0, 0.05) is 90.9 Å². The van der Waals surface area contributed by atoms with E-state index in [1.165, 1.54) is 12.0 Å². The number of nitrogens with one attached hydrogen (secondary N) is 1. The van der Waals surface area contributed by atoms with Crippen molar-refractivity contribution in [1.82, 2.24) is 19.8 Å². The van der Waals surface area contributed by atoms with Gasteiger partial charge in [-0.05, 0) is 107 Å². The maximum Gasteiger partial charge on any atom is 0.407 e. The van der Waals surface area contributed by atoms with Crippen molar-refractivity contribution in [2.24, 2.45) is 42.6 Å². The van der Waals surface area contributed by atoms with Gasteiger partial charge in [-0.1, -0.05) is 71.1 Å². The highest BCUT2D eigenvalue weighted by molar-refractivity contribution is 6.39. The van der Waals surface area contributed by atoms with Gasteiger partial charge in [0.25, 0.3) is 11.7 Å². The number of rotatable bonds is 13. The standard InChI is InChI=1S/C60H92N4O15/c1-37-17-13-12-14-18-38(2)49(73-9)35-45-22-20-43(7)60(72,79-45)56(68)57(69)64-27-16-15-19-46(64)58(70)78-50(36-47(65)39(3)32-42(6)54(67)55(75-11)53(66)41(5)31-37)40(4)33-44-21-23-48(51(34-44)74-10)76-30-26-62-59(71)77-29-24-52-61-25-28-63(52)8/h12-14,17-18,25,28,32,37,39-41,43-46,48-51,54-55,67,72H,15-16,19-24,26-27,29-31,33-36H2,1-11H3,(H,62,71)/b14-12+,17-13-,38-18+,42-32+/t37-,39-,40-,41-,43-,44+,45+,46+,48-,49+,50+,51-,54-,55+,60-/m1/s1. The molecule has 79 heavy (non-hydrogen) atoms. The minimum absolute atomic E-state index is 0.00248. The van der Waals surface area contributed by atoms with Crippen molar-refractivity contribution >= 4 is 35.3 Å². The van der Waals surface area contributed by atoms with Crippen LogP contribution in [0, 0.1) is 35.5 Å². The molecule has 2 bridgehead atoms. The Hall–Kier alpha value is -4.89. The Labute approximate surface area is 468 Å². The van der Waals surface area contributed by atoms with Crippen molar-refractivity contribution < 1.29 is 72.1 Å². The van der Waals surface area contributed by atoms with Gasteiger partial charge < -0.3 is 58.2 Å². The Morgan fingerprint density at radius 1 is 0.899 bits per heavy atom. The molecule has 5 rings (SSSR count). The number of carbonyl (C=O) groups excluding carboxylic acids is 6. The summed E-state index contributed by atoms with van der Waals surface area (Å²) in [6.45, 7) is 13.4. The Bertz CT molecular complexity index is 2310. The summed E-state index contributed by atoms with van der Waals surface area (Å²) in [5.41, 5.74) is 1.24. The molecule has 4 heterocycles. The molecule has 0 radical (unpaired) electrons. The second-order valence-corrected chi connectivity index (χ2v) is 22.7. The fraction of sp³-hybridized carbons (Fsp3) is 0.717. The van der Waals surface area contributed by atoms with Gasteiger partial charge >= 0.3 is 12.1 Å². The van der Waals surface area contributed by atoms with Crippen LogP contribution in [0.3, 0.4) is 0 Å². The fourth-order valence-corrected chi connectivity index (χ4v) is 11.6. The lowest BCUT2D eigenvalue weighted by molar-refractivity contribution is -0.265. The van der Waals surface area contributed by atoms with Crippen molar-refractivity contribution in [2.45, 2.75) is 186 Å². The zero-order chi connectivity index (χ0) is 58.0. The van der Waals surface area contributed by atoms with Gasteiger partial charge in [-0.2, -0.15) is 0 Å². The van der Waals surface area contributed by atoms with Gasteiger partial charge in [0.05, 0.1) is 31.0 Å². The molecule has 0 unspecified atom stereocenters. The van der Waals surface area contributed by atoms with Crippen LogP contribution < -0.4 is 5.32 Å². The molecule has 1 aromatic rings. The van der Waals surface area contributed by atoms with Crippen LogP contribution in [-0.4, -0.2) is 162 Å². The van der Waals surface area contributed by atoms with E-state index in [2.05, 4.69) is 10.3 Å². The second-order valence-electron chi connectivity index (χ2n) is 22.7. The minimum atomic E-state index is -2.45. The molecule has 1 aromatic heterocycles. The highest BCUT2D eigenvalue weighted by Crippen LogP contribution is 2.38. The maximum atomic E-state index is 14.6. The number of carbonyl (C=O) groups is 6. The first-order valence-corrected chi connectivity index (χ1v) is 28.6. The minimum Gasteiger partial charge on any atom is -0.460 e. The van der Waals surface area contributed by atoms with E-state index in [-0.39, 0.29) is 80.7 Å². The molecule has 19 nitrogen and oxygen atoms in total. The molecular weight excluding hydrogens is 1020 g/mol. The predicted octanol–water partition coefficient (Wildman–Crippen LogP) is 6.91. The number of amides is 2. The van der Waals surface area contributed by atoms with Crippen LogP contribution in [0.5, 0.6) is 0 Å². The number of imidazole rings is 1. The van der Waals surface area contributed by atoms with Crippen molar-refractivity contribution in [1.29, 1.82) is 0 Å². The molecular formula is C60H92N4O15. The lowest BCUT2D eigenvalue weighted by atomic mass is 9.78. The van der Waals surface area contributed by atoms with Gasteiger partial charge in [-0.3, -0.25) is 19.2 Å². The number of aliphatic hydroxyl groups is 2. The van der Waals surface area contributed by atoms with E-state index >= 15 is 0 Å². The molecule has 2 saturated heterocycles. The zero-order valence-corrected chi connectivity index (χ0v) is 48.8. The number of alkyl carbamates (subject to hydrolysis) is 1. The van der Waals surface area contributed by atoms with Crippen LogP contribution in [0.2, 0.25) is 0 Å². The number of aromatic nitrogens is 2. The smallest absolute Gasteiger partial charge is 0.407 e. The normalized spacial score (nSPS) is 35.2. The number of hydrogen-bond donors (Lipinski definition) is 3. The van der Waals surface area contributed by atoms with E-state index in [4.69, 9.17) is 33.2 Å². The van der Waals surface area contributed by atoms with E-state index in [1.807, 2.05) is 75.9 Å². The number of aryl methyl sites for hydroxylation is 1. The van der Waals surface area contributed by atoms with Crippen molar-refractivity contribution in [3.05, 3.63) is 65.8 Å². The number of fused-ring (bicyclic) bond motifs is 3. The number of ketones is 3. The summed E-state index contributed by atoms with van der Waals surface area (Å²) in [5, 5.41) is 26.3. The number of nitrogens with zero attached hydrogens (tertiary/aromatic N) is 3. The third kappa shape index (κ3) is 18.3. The number of aliphatic hydroxyl groups excluding tert-OH is 1. The molecule has 3 fully saturated rings. The number of cyclic esters (lactones) is 1. The lowest BCUT2D eigenvalue weighted by Gasteiger charge is -2.42. The highest BCUT2D eigenvalue weighted by Gasteiger charge is 2.53. The average molecular weight is 1110 g/mol. The summed E-state index contributed by atoms with van der Waals surface area (Å²) in [4.78, 5) is 89.3. The third-order valence-electron chi connectivity index (χ3n) is 16.6. The van der Waals surface area contributed by atoms with Crippen molar-refractivity contribution in [3.63, 3.8) is 0 Å². The molecule has 15 atom stereocenters. The molecule has 3 aliphatic heterocycles. The Balaban J connectivity index is 1.36. The van der Waals surface area contributed by atoms with Crippen LogP contribution in [0.25, 0.3) is 0 Å². The number of allylic oxidation sites excluding steroid dienone is 6. The van der Waals surface area contributed by atoms with Crippen LogP contribution in [0.1, 0.15) is 131 Å². The third-order valence-corrected chi connectivity index (χ3v) is 16.6. The SMILES string of the molecule is CO[C@H]1C[C@@H]2CC[C@@H](C)[C@@](O)(O2)C(=O)C(=O)N2CCCC[C@H]2C(=O)O[C@H]([C@H](C)C[C@@H]2CC[C@@H](OCCNC(=O)OCCc3nccn3C)[C@H](OC)C2)CC(=O)[C@H](C)/C=C(\C)[C@@H](O)[C@@H](OC)C(=O)[C@H](C)C[C@H](C)\C=C/C=C/C=C/1C. The Morgan fingerprint density at radius 2 is 1.66 bits per heavy atom. The van der Waals surface area contributed by atoms with E-state index in [0.29, 0.717) is 69.8 Å². The van der Waals surface area contributed by atoms with Gasteiger partial charge in [-0.15, -0.1) is 0 Å². The Kier molecular flexibility index (Phi) is 25.8. The molecule has 442 valence electrons. The monoisotopic (exact) mass is 1110 g/mol. The lowest BCUT2D eigenvalue weighted by Crippen LogP contribution is -2.61. The number of hydrogen-bond acceptors (Lipinski definition) is 16. The number of Topliss-reactive ketones (excluding diaryl/α,β-unsaturated/α-hetero) is 3. The number of piperidine rings is 1.